The number of carbonyl (C=O) groups excluding carboxylic acids is 1. The predicted molar refractivity (Wildman–Crippen MR) is 70.4 cm³/mol. The van der Waals surface area contributed by atoms with E-state index in [1.165, 1.54) is 12.4 Å². The van der Waals surface area contributed by atoms with Gasteiger partial charge in [-0.3, -0.25) is 4.79 Å². The smallest absolute Gasteiger partial charge is 0.246 e. The van der Waals surface area contributed by atoms with Gasteiger partial charge in [0.1, 0.15) is 11.5 Å². The first-order valence-electron chi connectivity index (χ1n) is 6.27. The van der Waals surface area contributed by atoms with Gasteiger partial charge in [-0.25, -0.2) is 9.97 Å². The molecular formula is C13H15ClN4O. The van der Waals surface area contributed by atoms with Gasteiger partial charge in [0.15, 0.2) is 5.92 Å². The van der Waals surface area contributed by atoms with Crippen molar-refractivity contribution in [3.63, 3.8) is 0 Å². The fourth-order valence-corrected chi connectivity index (χ4v) is 2.32. The Bertz CT molecular complexity index is 506. The van der Waals surface area contributed by atoms with Gasteiger partial charge in [-0.2, -0.15) is 5.26 Å². The summed E-state index contributed by atoms with van der Waals surface area (Å²) in [6.07, 6.45) is 3.23. The Balaban J connectivity index is 2.14. The van der Waals surface area contributed by atoms with Crippen LogP contribution in [-0.2, 0) is 4.79 Å². The number of hydrogen-bond donors (Lipinski definition) is 0. The van der Waals surface area contributed by atoms with E-state index in [4.69, 9.17) is 11.6 Å². The minimum atomic E-state index is -0.895. The summed E-state index contributed by atoms with van der Waals surface area (Å²) in [5, 5.41) is 9.46. The summed E-state index contributed by atoms with van der Waals surface area (Å²) in [6, 6.07) is 3.49. The molecule has 1 atom stereocenters. The molecule has 2 rings (SSSR count). The van der Waals surface area contributed by atoms with Crippen LogP contribution in [0.5, 0.6) is 0 Å². The van der Waals surface area contributed by atoms with E-state index < -0.39 is 5.92 Å². The number of hydrogen-bond acceptors (Lipinski definition) is 4. The van der Waals surface area contributed by atoms with E-state index in [9.17, 15) is 10.1 Å². The number of nitrogens with zero attached hydrogens (tertiary/aromatic N) is 4. The molecule has 1 aromatic rings. The van der Waals surface area contributed by atoms with Gasteiger partial charge in [0.05, 0.1) is 11.8 Å². The molecule has 0 saturated carbocycles. The third-order valence-electron chi connectivity index (χ3n) is 3.42. The number of halogens is 1. The zero-order chi connectivity index (χ0) is 13.8. The highest BCUT2D eigenvalue weighted by Gasteiger charge is 2.29. The van der Waals surface area contributed by atoms with Gasteiger partial charge in [-0.1, -0.05) is 18.5 Å². The Morgan fingerprint density at radius 2 is 2.21 bits per heavy atom. The molecule has 1 saturated heterocycles. The van der Waals surface area contributed by atoms with Gasteiger partial charge in [0.25, 0.3) is 0 Å². The lowest BCUT2D eigenvalue weighted by Crippen LogP contribution is -2.40. The van der Waals surface area contributed by atoms with Crippen molar-refractivity contribution in [2.75, 3.05) is 13.1 Å². The van der Waals surface area contributed by atoms with Crippen LogP contribution < -0.4 is 0 Å². The van der Waals surface area contributed by atoms with Crippen LogP contribution in [-0.4, -0.2) is 33.9 Å². The van der Waals surface area contributed by atoms with Crippen molar-refractivity contribution in [1.29, 1.82) is 5.26 Å². The molecule has 6 heteroatoms. The van der Waals surface area contributed by atoms with E-state index in [0.29, 0.717) is 24.7 Å². The van der Waals surface area contributed by atoms with Crippen molar-refractivity contribution in [3.05, 3.63) is 23.2 Å². The molecule has 1 unspecified atom stereocenters. The molecule has 1 aliphatic rings. The van der Waals surface area contributed by atoms with Gasteiger partial charge in [0.2, 0.25) is 5.91 Å². The molecule has 100 valence electrons. The average Bonchev–Trinajstić information content (AvgIpc) is 2.40. The van der Waals surface area contributed by atoms with Crippen LogP contribution in [0.25, 0.3) is 0 Å². The number of piperidine rings is 1. The Kier molecular flexibility index (Phi) is 4.33. The maximum absolute atomic E-state index is 12.3. The molecule has 1 fully saturated rings. The largest absolute Gasteiger partial charge is 0.341 e. The standard InChI is InChI=1S/C13H15ClN4O/c1-9-2-4-18(5-3-9)13(19)10(7-15)11-6-12(14)17-8-16-11/h6,8-10H,2-5H2,1H3. The van der Waals surface area contributed by atoms with Crippen LogP contribution in [0.4, 0.5) is 0 Å². The highest BCUT2D eigenvalue weighted by atomic mass is 35.5. The SMILES string of the molecule is CC1CCN(C(=O)C(C#N)c2cc(Cl)ncn2)CC1. The number of amides is 1. The molecule has 1 amide bonds. The summed E-state index contributed by atoms with van der Waals surface area (Å²) in [7, 11) is 0. The number of aromatic nitrogens is 2. The number of nitriles is 1. The maximum atomic E-state index is 12.3. The summed E-state index contributed by atoms with van der Waals surface area (Å²) in [5.74, 6) is -0.448. The lowest BCUT2D eigenvalue weighted by atomic mass is 9.97. The molecule has 0 radical (unpaired) electrons. The lowest BCUT2D eigenvalue weighted by Gasteiger charge is -2.31. The van der Waals surface area contributed by atoms with Crippen LogP contribution in [0.15, 0.2) is 12.4 Å². The van der Waals surface area contributed by atoms with Crippen LogP contribution in [0.2, 0.25) is 5.15 Å². The Morgan fingerprint density at radius 1 is 1.53 bits per heavy atom. The molecular weight excluding hydrogens is 264 g/mol. The molecule has 1 aliphatic heterocycles. The highest BCUT2D eigenvalue weighted by Crippen LogP contribution is 2.22. The molecule has 0 bridgehead atoms. The van der Waals surface area contributed by atoms with Gasteiger partial charge in [-0.05, 0) is 24.8 Å². The van der Waals surface area contributed by atoms with Gasteiger partial charge in [-0.15, -0.1) is 0 Å². The first kappa shape index (κ1) is 13.8. The van der Waals surface area contributed by atoms with Crippen LogP contribution in [0.1, 0.15) is 31.4 Å². The number of carbonyl (C=O) groups is 1. The van der Waals surface area contributed by atoms with Crippen molar-refractivity contribution in [2.45, 2.75) is 25.7 Å². The summed E-state index contributed by atoms with van der Waals surface area (Å²) in [5.41, 5.74) is 0.367. The first-order valence-corrected chi connectivity index (χ1v) is 6.65. The normalized spacial score (nSPS) is 17.8. The molecule has 2 heterocycles. The van der Waals surface area contributed by atoms with Crippen LogP contribution in [0, 0.1) is 17.2 Å². The second-order valence-corrected chi connectivity index (χ2v) is 5.22. The summed E-state index contributed by atoms with van der Waals surface area (Å²) in [6.45, 7) is 3.59. The van der Waals surface area contributed by atoms with E-state index in [2.05, 4.69) is 16.9 Å². The quantitative estimate of drug-likeness (QED) is 0.776. The van der Waals surface area contributed by atoms with Crippen LogP contribution >= 0.6 is 11.6 Å². The van der Waals surface area contributed by atoms with Crippen molar-refractivity contribution in [3.8, 4) is 6.07 Å². The second-order valence-electron chi connectivity index (χ2n) is 4.84. The number of rotatable bonds is 2. The van der Waals surface area contributed by atoms with E-state index in [-0.39, 0.29) is 11.1 Å². The molecule has 0 aromatic carbocycles. The topological polar surface area (TPSA) is 69.9 Å². The third-order valence-corrected chi connectivity index (χ3v) is 3.63. The minimum absolute atomic E-state index is 0.191. The Morgan fingerprint density at radius 3 is 2.79 bits per heavy atom. The summed E-state index contributed by atoms with van der Waals surface area (Å²) >= 11 is 5.77. The fraction of sp³-hybridized carbons (Fsp3) is 0.538. The van der Waals surface area contributed by atoms with Gasteiger partial charge < -0.3 is 4.90 Å². The summed E-state index contributed by atoms with van der Waals surface area (Å²) < 4.78 is 0. The van der Waals surface area contributed by atoms with Gasteiger partial charge >= 0.3 is 0 Å². The van der Waals surface area contributed by atoms with E-state index >= 15 is 0 Å². The van der Waals surface area contributed by atoms with E-state index in [1.54, 1.807) is 4.90 Å². The predicted octanol–water partition coefficient (Wildman–Crippen LogP) is 2.00. The Labute approximate surface area is 117 Å². The summed E-state index contributed by atoms with van der Waals surface area (Å²) in [4.78, 5) is 21.8. The van der Waals surface area contributed by atoms with Crippen molar-refractivity contribution >= 4 is 17.5 Å². The monoisotopic (exact) mass is 278 g/mol. The maximum Gasteiger partial charge on any atom is 0.246 e. The number of likely N-dealkylation sites (tertiary alicyclic amines) is 1. The van der Waals surface area contributed by atoms with E-state index in [1.807, 2.05) is 6.07 Å². The minimum Gasteiger partial charge on any atom is -0.341 e. The van der Waals surface area contributed by atoms with Crippen molar-refractivity contribution < 1.29 is 4.79 Å². The van der Waals surface area contributed by atoms with Crippen LogP contribution in [0.3, 0.4) is 0 Å². The molecule has 1 aromatic heterocycles. The van der Waals surface area contributed by atoms with Crippen molar-refractivity contribution in [1.82, 2.24) is 14.9 Å². The fourth-order valence-electron chi connectivity index (χ4n) is 2.16. The van der Waals surface area contributed by atoms with E-state index in [0.717, 1.165) is 12.8 Å². The zero-order valence-corrected chi connectivity index (χ0v) is 11.5. The molecule has 0 N–H and O–H groups in total. The second kappa shape index (κ2) is 5.98. The highest BCUT2D eigenvalue weighted by molar-refractivity contribution is 6.29. The first-order chi connectivity index (χ1) is 9.11. The Hall–Kier alpha value is -1.67. The molecule has 0 aliphatic carbocycles. The zero-order valence-electron chi connectivity index (χ0n) is 10.7. The molecule has 19 heavy (non-hydrogen) atoms. The molecule has 5 nitrogen and oxygen atoms in total. The lowest BCUT2D eigenvalue weighted by molar-refractivity contribution is -0.132. The molecule has 0 spiro atoms. The third kappa shape index (κ3) is 3.21. The van der Waals surface area contributed by atoms with Gasteiger partial charge in [0, 0.05) is 13.1 Å². The van der Waals surface area contributed by atoms with Crippen molar-refractivity contribution in [2.24, 2.45) is 5.92 Å². The average molecular weight is 279 g/mol.